The van der Waals surface area contributed by atoms with Crippen LogP contribution in [0.2, 0.25) is 0 Å². The minimum atomic E-state index is 0.757. The fraction of sp³-hybridized carbons (Fsp3) is 0.533. The molecule has 0 saturated heterocycles. The molecule has 1 aliphatic rings. The van der Waals surface area contributed by atoms with Crippen LogP contribution in [0, 0.1) is 5.92 Å². The minimum absolute atomic E-state index is 0.757. The van der Waals surface area contributed by atoms with Gasteiger partial charge >= 0.3 is 0 Å². The van der Waals surface area contributed by atoms with Crippen molar-refractivity contribution in [2.24, 2.45) is 5.92 Å². The highest BCUT2D eigenvalue weighted by molar-refractivity contribution is 7.99. The van der Waals surface area contributed by atoms with Crippen molar-refractivity contribution in [1.29, 1.82) is 0 Å². The zero-order chi connectivity index (χ0) is 14.4. The summed E-state index contributed by atoms with van der Waals surface area (Å²) in [5.41, 5.74) is 2.47. The van der Waals surface area contributed by atoms with E-state index in [0.717, 1.165) is 40.1 Å². The standard InChI is InChI=1S/C15H18N4S2/c1-3-6-20-15-18-14-12(13-16-8-17-19(13)15)10-7-9(2)4-5-11(10)21-14/h8-9H,3-7H2,1-2H3/t9-/m1/s1. The van der Waals surface area contributed by atoms with Gasteiger partial charge in [0.25, 0.3) is 0 Å². The first-order valence-electron chi connectivity index (χ1n) is 7.54. The lowest BCUT2D eigenvalue weighted by molar-refractivity contribution is 0.508. The Hall–Kier alpha value is -1.14. The van der Waals surface area contributed by atoms with Gasteiger partial charge < -0.3 is 0 Å². The SMILES string of the molecule is CCCSc1nc2sc3c(c2c2ncnn12)C[C@H](C)CC3. The van der Waals surface area contributed by atoms with Crippen molar-refractivity contribution in [3.8, 4) is 0 Å². The third kappa shape index (κ3) is 2.16. The lowest BCUT2D eigenvalue weighted by Gasteiger charge is -2.17. The summed E-state index contributed by atoms with van der Waals surface area (Å²) >= 11 is 3.63. The minimum Gasteiger partial charge on any atom is -0.214 e. The van der Waals surface area contributed by atoms with Gasteiger partial charge in [0.05, 0.1) is 5.39 Å². The smallest absolute Gasteiger partial charge is 0.192 e. The molecule has 0 unspecified atom stereocenters. The molecule has 1 atom stereocenters. The van der Waals surface area contributed by atoms with Gasteiger partial charge in [0.1, 0.15) is 11.2 Å². The number of aryl methyl sites for hydroxylation is 1. The van der Waals surface area contributed by atoms with Crippen molar-refractivity contribution in [3.05, 3.63) is 16.8 Å². The zero-order valence-electron chi connectivity index (χ0n) is 12.3. The lowest BCUT2D eigenvalue weighted by Crippen LogP contribution is -2.09. The van der Waals surface area contributed by atoms with Gasteiger partial charge in [-0.2, -0.15) is 9.61 Å². The van der Waals surface area contributed by atoms with Gasteiger partial charge in [0.2, 0.25) is 0 Å². The maximum Gasteiger partial charge on any atom is 0.192 e. The summed E-state index contributed by atoms with van der Waals surface area (Å²) in [5.74, 6) is 1.82. The molecule has 0 N–H and O–H groups in total. The fourth-order valence-electron chi connectivity index (χ4n) is 3.03. The van der Waals surface area contributed by atoms with Crippen LogP contribution in [0.3, 0.4) is 0 Å². The van der Waals surface area contributed by atoms with Crippen molar-refractivity contribution in [2.45, 2.75) is 44.7 Å². The summed E-state index contributed by atoms with van der Waals surface area (Å²) in [6.45, 7) is 4.53. The Morgan fingerprint density at radius 2 is 2.38 bits per heavy atom. The largest absolute Gasteiger partial charge is 0.214 e. The van der Waals surface area contributed by atoms with Gasteiger partial charge in [-0.1, -0.05) is 25.6 Å². The Bertz CT molecular complexity index is 805. The van der Waals surface area contributed by atoms with Crippen LogP contribution >= 0.6 is 23.1 Å². The van der Waals surface area contributed by atoms with E-state index in [-0.39, 0.29) is 0 Å². The molecular formula is C15H18N4S2. The Morgan fingerprint density at radius 3 is 3.24 bits per heavy atom. The quantitative estimate of drug-likeness (QED) is 0.541. The highest BCUT2D eigenvalue weighted by Crippen LogP contribution is 2.39. The van der Waals surface area contributed by atoms with E-state index in [0.29, 0.717) is 0 Å². The van der Waals surface area contributed by atoms with Crippen LogP contribution in [-0.2, 0) is 12.8 Å². The summed E-state index contributed by atoms with van der Waals surface area (Å²) in [6.07, 6.45) is 6.43. The van der Waals surface area contributed by atoms with E-state index >= 15 is 0 Å². The van der Waals surface area contributed by atoms with Crippen LogP contribution in [0.25, 0.3) is 15.9 Å². The number of hydrogen-bond acceptors (Lipinski definition) is 5. The maximum atomic E-state index is 4.89. The van der Waals surface area contributed by atoms with Crippen LogP contribution in [-0.4, -0.2) is 25.3 Å². The van der Waals surface area contributed by atoms with Gasteiger partial charge in [-0.05, 0) is 37.2 Å². The average molecular weight is 318 g/mol. The normalized spacial score (nSPS) is 18.5. The molecule has 1 aliphatic carbocycles. The molecule has 3 heterocycles. The van der Waals surface area contributed by atoms with Gasteiger partial charge in [-0.25, -0.2) is 9.97 Å². The predicted octanol–water partition coefficient (Wildman–Crippen LogP) is 3.97. The van der Waals surface area contributed by atoms with E-state index in [2.05, 4.69) is 23.9 Å². The second-order valence-corrected chi connectivity index (χ2v) is 7.92. The highest BCUT2D eigenvalue weighted by atomic mass is 32.2. The molecule has 0 amide bonds. The molecule has 4 nitrogen and oxygen atoms in total. The summed E-state index contributed by atoms with van der Waals surface area (Å²) in [5, 5.41) is 6.62. The molecule has 0 spiro atoms. The summed E-state index contributed by atoms with van der Waals surface area (Å²) in [4.78, 5) is 12.1. The molecule has 0 fully saturated rings. The van der Waals surface area contributed by atoms with Gasteiger partial charge in [-0.3, -0.25) is 0 Å². The highest BCUT2D eigenvalue weighted by Gasteiger charge is 2.24. The third-order valence-electron chi connectivity index (χ3n) is 4.07. The summed E-state index contributed by atoms with van der Waals surface area (Å²) < 4.78 is 1.93. The molecule has 21 heavy (non-hydrogen) atoms. The second-order valence-electron chi connectivity index (χ2n) is 5.77. The van der Waals surface area contributed by atoms with Gasteiger partial charge in [-0.15, -0.1) is 11.3 Å². The fourth-order valence-corrected chi connectivity index (χ4v) is 5.09. The molecule has 4 rings (SSSR count). The number of aromatic nitrogens is 4. The van der Waals surface area contributed by atoms with Crippen molar-refractivity contribution in [3.63, 3.8) is 0 Å². The predicted molar refractivity (Wildman–Crippen MR) is 88.4 cm³/mol. The van der Waals surface area contributed by atoms with Crippen LogP contribution < -0.4 is 0 Å². The Morgan fingerprint density at radius 1 is 1.48 bits per heavy atom. The zero-order valence-corrected chi connectivity index (χ0v) is 13.9. The summed E-state index contributed by atoms with van der Waals surface area (Å²) in [6, 6.07) is 0. The number of rotatable bonds is 3. The molecule has 0 aromatic carbocycles. The maximum absolute atomic E-state index is 4.89. The summed E-state index contributed by atoms with van der Waals surface area (Å²) in [7, 11) is 0. The first kappa shape index (κ1) is 13.5. The van der Waals surface area contributed by atoms with Crippen molar-refractivity contribution < 1.29 is 0 Å². The van der Waals surface area contributed by atoms with E-state index in [4.69, 9.17) is 4.98 Å². The Kier molecular flexibility index (Phi) is 3.38. The number of nitrogens with zero attached hydrogens (tertiary/aromatic N) is 4. The Labute approximate surface area is 132 Å². The molecular weight excluding hydrogens is 300 g/mol. The van der Waals surface area contributed by atoms with Crippen LogP contribution in [0.1, 0.15) is 37.1 Å². The topological polar surface area (TPSA) is 43.1 Å². The van der Waals surface area contributed by atoms with Crippen LogP contribution in [0.15, 0.2) is 11.5 Å². The van der Waals surface area contributed by atoms with E-state index in [1.54, 1.807) is 18.1 Å². The molecule has 0 aliphatic heterocycles. The van der Waals surface area contributed by atoms with Crippen molar-refractivity contribution >= 4 is 39.0 Å². The lowest BCUT2D eigenvalue weighted by atomic mass is 9.89. The number of hydrogen-bond donors (Lipinski definition) is 0. The van der Waals surface area contributed by atoms with E-state index < -0.39 is 0 Å². The monoisotopic (exact) mass is 318 g/mol. The number of fused-ring (bicyclic) bond motifs is 5. The third-order valence-corrected chi connectivity index (χ3v) is 6.39. The molecule has 110 valence electrons. The second kappa shape index (κ2) is 5.25. The first-order chi connectivity index (χ1) is 10.3. The molecule has 3 aromatic rings. The Balaban J connectivity index is 1.97. The van der Waals surface area contributed by atoms with Crippen molar-refractivity contribution in [1.82, 2.24) is 19.6 Å². The molecule has 0 saturated carbocycles. The number of thioether (sulfide) groups is 1. The van der Waals surface area contributed by atoms with E-state index in [9.17, 15) is 0 Å². The van der Waals surface area contributed by atoms with Gasteiger partial charge in [0.15, 0.2) is 10.8 Å². The molecule has 3 aromatic heterocycles. The molecule has 6 heteroatoms. The number of thiophene rings is 1. The van der Waals surface area contributed by atoms with Crippen LogP contribution in [0.4, 0.5) is 0 Å². The van der Waals surface area contributed by atoms with E-state index in [1.165, 1.54) is 28.7 Å². The van der Waals surface area contributed by atoms with Crippen LogP contribution in [0.5, 0.6) is 0 Å². The average Bonchev–Trinajstić information content (AvgIpc) is 3.07. The van der Waals surface area contributed by atoms with Gasteiger partial charge in [0, 0.05) is 10.6 Å². The van der Waals surface area contributed by atoms with E-state index in [1.807, 2.05) is 15.9 Å². The molecule has 0 bridgehead atoms. The molecule has 0 radical (unpaired) electrons. The first-order valence-corrected chi connectivity index (χ1v) is 9.35. The van der Waals surface area contributed by atoms with Crippen molar-refractivity contribution in [2.75, 3.05) is 5.75 Å².